The summed E-state index contributed by atoms with van der Waals surface area (Å²) in [6.07, 6.45) is 1.68. The number of fused-ring (bicyclic) bond motifs is 5. The summed E-state index contributed by atoms with van der Waals surface area (Å²) < 4.78 is 0. The van der Waals surface area contributed by atoms with Crippen LogP contribution in [0.25, 0.3) is 0 Å². The standard InChI is InChI=1S/C26H18ClN3O3/c27-19-13-7-6-12-18(19)24(31)23-21-20(22-17-11-5-4-8-15(17)14-28-30(22)23)25(32)29(26(21)33)16-9-2-1-3-10-16/h1-14,20-23H/t20-,21+,22+,23-/m0/s1. The molecule has 7 heteroatoms. The molecule has 0 bridgehead atoms. The van der Waals surface area contributed by atoms with E-state index in [2.05, 4.69) is 5.10 Å². The Morgan fingerprint density at radius 3 is 2.27 bits per heavy atom. The van der Waals surface area contributed by atoms with E-state index in [-0.39, 0.29) is 17.6 Å². The third-order valence-electron chi connectivity index (χ3n) is 6.72. The highest BCUT2D eigenvalue weighted by Crippen LogP contribution is 2.53. The van der Waals surface area contributed by atoms with E-state index in [0.717, 1.165) is 11.1 Å². The highest BCUT2D eigenvalue weighted by molar-refractivity contribution is 6.34. The number of anilines is 1. The SMILES string of the molecule is O=C(c1ccccc1Cl)[C@@H]1[C@@H]2C(=O)N(c3ccccc3)C(=O)[C@@H]2[C@H]2c3ccccc3C=NN12. The number of benzene rings is 3. The van der Waals surface area contributed by atoms with Crippen LogP contribution in [-0.2, 0) is 9.59 Å². The van der Waals surface area contributed by atoms with Gasteiger partial charge in [0.05, 0.1) is 34.8 Å². The fraction of sp³-hybridized carbons (Fsp3) is 0.154. The Balaban J connectivity index is 1.52. The molecular weight excluding hydrogens is 438 g/mol. The molecule has 2 amide bonds. The van der Waals surface area contributed by atoms with Gasteiger partial charge in [-0.3, -0.25) is 19.4 Å². The van der Waals surface area contributed by atoms with Crippen molar-refractivity contribution in [2.45, 2.75) is 12.1 Å². The average molecular weight is 456 g/mol. The molecule has 4 atom stereocenters. The molecule has 0 spiro atoms. The Morgan fingerprint density at radius 2 is 1.48 bits per heavy atom. The largest absolute Gasteiger partial charge is 0.292 e. The summed E-state index contributed by atoms with van der Waals surface area (Å²) in [5.74, 6) is -2.61. The second-order valence-corrected chi connectivity index (χ2v) is 8.79. The molecule has 0 saturated carbocycles. The maximum Gasteiger partial charge on any atom is 0.240 e. The maximum absolute atomic E-state index is 13.8. The van der Waals surface area contributed by atoms with Gasteiger partial charge in [0.2, 0.25) is 11.8 Å². The van der Waals surface area contributed by atoms with E-state index in [1.165, 1.54) is 4.90 Å². The normalized spacial score (nSPS) is 25.1. The summed E-state index contributed by atoms with van der Waals surface area (Å²) in [5, 5.41) is 6.51. The lowest BCUT2D eigenvalue weighted by Crippen LogP contribution is -2.44. The van der Waals surface area contributed by atoms with Gasteiger partial charge in [0.25, 0.3) is 0 Å². The molecule has 2 fully saturated rings. The first kappa shape index (κ1) is 19.9. The van der Waals surface area contributed by atoms with Crippen LogP contribution >= 0.6 is 11.6 Å². The second kappa shape index (κ2) is 7.39. The van der Waals surface area contributed by atoms with Gasteiger partial charge in [0, 0.05) is 5.56 Å². The Labute approximate surface area is 195 Å². The van der Waals surface area contributed by atoms with Crippen molar-refractivity contribution in [2.24, 2.45) is 16.9 Å². The Bertz CT molecular complexity index is 1340. The molecule has 0 unspecified atom stereocenters. The fourth-order valence-corrected chi connectivity index (χ4v) is 5.55. The van der Waals surface area contributed by atoms with Crippen LogP contribution < -0.4 is 4.90 Å². The zero-order valence-corrected chi connectivity index (χ0v) is 18.1. The van der Waals surface area contributed by atoms with E-state index >= 15 is 0 Å². The zero-order valence-electron chi connectivity index (χ0n) is 17.3. The number of amides is 2. The number of rotatable bonds is 3. The number of halogens is 1. The minimum atomic E-state index is -0.935. The van der Waals surface area contributed by atoms with Crippen LogP contribution in [0.1, 0.15) is 27.5 Å². The lowest BCUT2D eigenvalue weighted by atomic mass is 9.83. The number of carbonyl (C=O) groups excluding carboxylic acids is 3. The van der Waals surface area contributed by atoms with Crippen molar-refractivity contribution in [1.29, 1.82) is 0 Å². The van der Waals surface area contributed by atoms with E-state index in [1.807, 2.05) is 30.3 Å². The van der Waals surface area contributed by atoms with Gasteiger partial charge in [0.1, 0.15) is 6.04 Å². The van der Waals surface area contributed by atoms with Crippen molar-refractivity contribution in [2.75, 3.05) is 4.90 Å². The highest BCUT2D eigenvalue weighted by Gasteiger charge is 2.65. The van der Waals surface area contributed by atoms with E-state index in [9.17, 15) is 14.4 Å². The van der Waals surface area contributed by atoms with E-state index in [1.54, 1.807) is 59.8 Å². The maximum atomic E-state index is 13.8. The summed E-state index contributed by atoms with van der Waals surface area (Å²) in [4.78, 5) is 42.5. The Morgan fingerprint density at radius 1 is 0.818 bits per heavy atom. The number of hydrazone groups is 1. The smallest absolute Gasteiger partial charge is 0.240 e. The van der Waals surface area contributed by atoms with Gasteiger partial charge in [-0.1, -0.05) is 66.2 Å². The molecule has 6 rings (SSSR count). The molecule has 3 aliphatic heterocycles. The molecular formula is C26H18ClN3O3. The zero-order chi connectivity index (χ0) is 22.7. The third-order valence-corrected chi connectivity index (χ3v) is 7.05. The van der Waals surface area contributed by atoms with Crippen molar-refractivity contribution in [3.63, 3.8) is 0 Å². The number of imide groups is 1. The lowest BCUT2D eigenvalue weighted by Gasteiger charge is -2.33. The number of para-hydroxylation sites is 1. The highest BCUT2D eigenvalue weighted by atomic mass is 35.5. The van der Waals surface area contributed by atoms with Gasteiger partial charge in [0.15, 0.2) is 5.78 Å². The molecule has 2 saturated heterocycles. The third kappa shape index (κ3) is 2.80. The molecule has 162 valence electrons. The van der Waals surface area contributed by atoms with Crippen LogP contribution in [0, 0.1) is 11.8 Å². The van der Waals surface area contributed by atoms with Gasteiger partial charge < -0.3 is 0 Å². The van der Waals surface area contributed by atoms with Crippen molar-refractivity contribution in [3.05, 3.63) is 101 Å². The number of carbonyl (C=O) groups is 3. The summed E-state index contributed by atoms with van der Waals surface area (Å²) in [5.41, 5.74) is 2.58. The first-order valence-corrected chi connectivity index (χ1v) is 11.1. The molecule has 0 N–H and O–H groups in total. The molecule has 0 aromatic heterocycles. The van der Waals surface area contributed by atoms with Crippen molar-refractivity contribution in [3.8, 4) is 0 Å². The number of nitrogens with zero attached hydrogens (tertiary/aromatic N) is 3. The monoisotopic (exact) mass is 455 g/mol. The second-order valence-electron chi connectivity index (χ2n) is 8.39. The van der Waals surface area contributed by atoms with Gasteiger partial charge >= 0.3 is 0 Å². The minimum absolute atomic E-state index is 0.306. The van der Waals surface area contributed by atoms with E-state index < -0.39 is 23.9 Å². The lowest BCUT2D eigenvalue weighted by molar-refractivity contribution is -0.124. The van der Waals surface area contributed by atoms with Gasteiger partial charge in [-0.25, -0.2) is 4.90 Å². The van der Waals surface area contributed by atoms with Crippen LogP contribution in [0.5, 0.6) is 0 Å². The van der Waals surface area contributed by atoms with E-state index in [4.69, 9.17) is 11.6 Å². The van der Waals surface area contributed by atoms with Crippen LogP contribution in [0.2, 0.25) is 5.02 Å². The molecule has 3 aromatic carbocycles. The number of ketones is 1. The Kier molecular flexibility index (Phi) is 4.45. The molecule has 0 radical (unpaired) electrons. The topological polar surface area (TPSA) is 70.0 Å². The molecule has 3 aromatic rings. The quantitative estimate of drug-likeness (QED) is 0.440. The predicted molar refractivity (Wildman–Crippen MR) is 124 cm³/mol. The van der Waals surface area contributed by atoms with Crippen molar-refractivity contribution < 1.29 is 14.4 Å². The molecule has 6 nitrogen and oxygen atoms in total. The average Bonchev–Trinajstić information content (AvgIpc) is 3.32. The Hall–Kier alpha value is -3.77. The van der Waals surface area contributed by atoms with Gasteiger partial charge in [-0.05, 0) is 35.4 Å². The minimum Gasteiger partial charge on any atom is -0.292 e. The van der Waals surface area contributed by atoms with E-state index in [0.29, 0.717) is 16.3 Å². The van der Waals surface area contributed by atoms with Crippen LogP contribution in [0.15, 0.2) is 84.0 Å². The van der Waals surface area contributed by atoms with Gasteiger partial charge in [-0.2, -0.15) is 5.10 Å². The summed E-state index contributed by atoms with van der Waals surface area (Å²) in [6.45, 7) is 0. The number of hydrogen-bond acceptors (Lipinski definition) is 5. The molecule has 33 heavy (non-hydrogen) atoms. The summed E-state index contributed by atoms with van der Waals surface area (Å²) in [6, 6.07) is 21.8. The number of hydrogen-bond donors (Lipinski definition) is 0. The molecule has 3 heterocycles. The first-order chi connectivity index (χ1) is 16.1. The van der Waals surface area contributed by atoms with Crippen LogP contribution in [0.3, 0.4) is 0 Å². The fourth-order valence-electron chi connectivity index (χ4n) is 5.32. The summed E-state index contributed by atoms with van der Waals surface area (Å²) >= 11 is 6.35. The van der Waals surface area contributed by atoms with Crippen molar-refractivity contribution in [1.82, 2.24) is 5.01 Å². The predicted octanol–water partition coefficient (Wildman–Crippen LogP) is 4.10. The van der Waals surface area contributed by atoms with Crippen LogP contribution in [-0.4, -0.2) is 34.9 Å². The molecule has 3 aliphatic rings. The van der Waals surface area contributed by atoms with Crippen molar-refractivity contribution >= 4 is 41.1 Å². The van der Waals surface area contributed by atoms with Gasteiger partial charge in [-0.15, -0.1) is 0 Å². The molecule has 0 aliphatic carbocycles. The summed E-state index contributed by atoms with van der Waals surface area (Å²) in [7, 11) is 0. The number of Topliss-reactive ketones (excluding diaryl/α,β-unsaturated/α-hetero) is 1. The van der Waals surface area contributed by atoms with Crippen LogP contribution in [0.4, 0.5) is 5.69 Å². The first-order valence-electron chi connectivity index (χ1n) is 10.7.